The van der Waals surface area contributed by atoms with E-state index in [0.717, 1.165) is 5.56 Å². The molecule has 4 rings (SSSR count). The number of nitrogens with zero attached hydrogens (tertiary/aromatic N) is 5. The van der Waals surface area contributed by atoms with Crippen molar-refractivity contribution in [3.8, 4) is 5.69 Å². The first kappa shape index (κ1) is 23.6. The zero-order chi connectivity index (χ0) is 24.6. The number of amides is 2. The molecule has 4 N–H and O–H groups in total. The lowest BCUT2D eigenvalue weighted by Gasteiger charge is -2.18. The molecule has 2 aromatic carbocycles. The van der Waals surface area contributed by atoms with Gasteiger partial charge in [0.15, 0.2) is 0 Å². The molecule has 1 atom stereocenters. The van der Waals surface area contributed by atoms with Crippen LogP contribution in [0.4, 0.5) is 11.5 Å². The molecule has 2 heterocycles. The molecule has 10 nitrogen and oxygen atoms in total. The van der Waals surface area contributed by atoms with Crippen molar-refractivity contribution in [2.45, 2.75) is 12.5 Å². The van der Waals surface area contributed by atoms with E-state index in [2.05, 4.69) is 31.1 Å². The number of nitrogens with two attached hydrogens (primary N) is 1. The van der Waals surface area contributed by atoms with Gasteiger partial charge in [0.2, 0.25) is 11.8 Å². The Hall–Kier alpha value is -4.57. The number of nitrogen functional groups attached to an aromatic ring is 1. The second kappa shape index (κ2) is 11.0. The van der Waals surface area contributed by atoms with Gasteiger partial charge in [-0.05, 0) is 52.4 Å². The van der Waals surface area contributed by atoms with E-state index in [0.29, 0.717) is 34.2 Å². The van der Waals surface area contributed by atoms with Gasteiger partial charge in [0, 0.05) is 23.1 Å². The molecule has 0 aliphatic heterocycles. The van der Waals surface area contributed by atoms with Crippen LogP contribution < -0.4 is 16.4 Å². The van der Waals surface area contributed by atoms with Crippen LogP contribution in [-0.2, 0) is 16.0 Å². The Morgan fingerprint density at radius 3 is 2.66 bits per heavy atom. The first-order chi connectivity index (χ1) is 17.0. The van der Waals surface area contributed by atoms with E-state index < -0.39 is 11.9 Å². The topological polar surface area (TPSA) is 141 Å². The van der Waals surface area contributed by atoms with E-state index in [4.69, 9.17) is 17.3 Å². The first-order valence-electron chi connectivity index (χ1n) is 10.6. The van der Waals surface area contributed by atoms with Crippen LogP contribution in [0.3, 0.4) is 0 Å². The van der Waals surface area contributed by atoms with Crippen molar-refractivity contribution < 1.29 is 9.59 Å². The Kier molecular flexibility index (Phi) is 7.44. The molecular weight excluding hydrogens is 468 g/mol. The number of tetrazole rings is 1. The number of nitrogens with one attached hydrogen (secondary N) is 2. The van der Waals surface area contributed by atoms with Gasteiger partial charge in [-0.1, -0.05) is 41.9 Å². The van der Waals surface area contributed by atoms with Crippen LogP contribution in [0.2, 0.25) is 5.02 Å². The number of carbonyl (C=O) groups excluding carboxylic acids is 2. The zero-order valence-electron chi connectivity index (χ0n) is 18.4. The Balaban J connectivity index is 1.52. The maximum atomic E-state index is 13.0. The van der Waals surface area contributed by atoms with Crippen LogP contribution >= 0.6 is 11.6 Å². The molecule has 0 aliphatic rings. The van der Waals surface area contributed by atoms with Crippen LogP contribution in [0.1, 0.15) is 11.1 Å². The monoisotopic (exact) mass is 488 g/mol. The standard InChI is InChI=1S/C24H21ClN8O2/c25-18-7-9-21(33-15-28-31-32-33)17(13-18)6-11-23(34)30-20(12-16-4-2-1-3-5-16)24(35)29-19-8-10-22(26)27-14-19/h1-11,13-15,20H,12H2,(H2,26,27)(H,29,35)(H,30,34)/t20-/m0/s1. The van der Waals surface area contributed by atoms with Crippen molar-refractivity contribution in [1.82, 2.24) is 30.5 Å². The number of carbonyl (C=O) groups is 2. The summed E-state index contributed by atoms with van der Waals surface area (Å²) in [5.41, 5.74) is 8.23. The summed E-state index contributed by atoms with van der Waals surface area (Å²) in [4.78, 5) is 29.8. The second-order valence-corrected chi connectivity index (χ2v) is 7.94. The van der Waals surface area contributed by atoms with Gasteiger partial charge in [0.25, 0.3) is 0 Å². The van der Waals surface area contributed by atoms with Gasteiger partial charge < -0.3 is 16.4 Å². The summed E-state index contributed by atoms with van der Waals surface area (Å²) < 4.78 is 1.46. The highest BCUT2D eigenvalue weighted by Crippen LogP contribution is 2.20. The van der Waals surface area contributed by atoms with Gasteiger partial charge in [-0.15, -0.1) is 5.10 Å². The smallest absolute Gasteiger partial charge is 0.247 e. The Bertz CT molecular complexity index is 1330. The zero-order valence-corrected chi connectivity index (χ0v) is 19.1. The third-order valence-corrected chi connectivity index (χ3v) is 5.20. The Labute approximate surface area is 205 Å². The molecular formula is C24H21ClN8O2. The fraction of sp³-hybridized carbons (Fsp3) is 0.0833. The van der Waals surface area contributed by atoms with E-state index in [9.17, 15) is 9.59 Å². The molecule has 4 aromatic rings. The maximum absolute atomic E-state index is 13.0. The van der Waals surface area contributed by atoms with Gasteiger partial charge in [-0.2, -0.15) is 4.68 Å². The van der Waals surface area contributed by atoms with Crippen molar-refractivity contribution in [1.29, 1.82) is 0 Å². The molecule has 35 heavy (non-hydrogen) atoms. The average molecular weight is 489 g/mol. The maximum Gasteiger partial charge on any atom is 0.247 e. The minimum absolute atomic E-state index is 0.293. The van der Waals surface area contributed by atoms with Crippen molar-refractivity contribution >= 4 is 41.0 Å². The Morgan fingerprint density at radius 1 is 1.11 bits per heavy atom. The fourth-order valence-electron chi connectivity index (χ4n) is 3.29. The summed E-state index contributed by atoms with van der Waals surface area (Å²) in [7, 11) is 0. The van der Waals surface area contributed by atoms with E-state index in [1.807, 2.05) is 30.3 Å². The third-order valence-electron chi connectivity index (χ3n) is 4.97. The predicted molar refractivity (Wildman–Crippen MR) is 133 cm³/mol. The predicted octanol–water partition coefficient (Wildman–Crippen LogP) is 2.67. The Morgan fingerprint density at radius 2 is 1.94 bits per heavy atom. The van der Waals surface area contributed by atoms with E-state index in [1.165, 1.54) is 23.3 Å². The van der Waals surface area contributed by atoms with Gasteiger partial charge >= 0.3 is 0 Å². The normalized spacial score (nSPS) is 11.8. The molecule has 0 saturated heterocycles. The van der Waals surface area contributed by atoms with Gasteiger partial charge in [0.05, 0.1) is 17.6 Å². The molecule has 11 heteroatoms. The summed E-state index contributed by atoms with van der Waals surface area (Å²) in [6.45, 7) is 0. The van der Waals surface area contributed by atoms with Crippen molar-refractivity contribution in [3.05, 3.63) is 95.4 Å². The lowest BCUT2D eigenvalue weighted by molar-refractivity contribution is -0.123. The summed E-state index contributed by atoms with van der Waals surface area (Å²) in [5.74, 6) is -0.511. The highest BCUT2D eigenvalue weighted by Gasteiger charge is 2.21. The molecule has 0 aliphatic carbocycles. The van der Waals surface area contributed by atoms with Gasteiger partial charge in [-0.25, -0.2) is 4.98 Å². The highest BCUT2D eigenvalue weighted by molar-refractivity contribution is 6.30. The summed E-state index contributed by atoms with van der Waals surface area (Å²) >= 11 is 6.14. The average Bonchev–Trinajstić information content (AvgIpc) is 3.39. The molecule has 2 amide bonds. The number of anilines is 2. The third kappa shape index (κ3) is 6.49. The van der Waals surface area contributed by atoms with E-state index >= 15 is 0 Å². The van der Waals surface area contributed by atoms with Crippen LogP contribution in [0, 0.1) is 0 Å². The molecule has 0 fully saturated rings. The number of aromatic nitrogens is 5. The highest BCUT2D eigenvalue weighted by atomic mass is 35.5. The van der Waals surface area contributed by atoms with E-state index in [1.54, 1.807) is 36.4 Å². The largest absolute Gasteiger partial charge is 0.384 e. The number of hydrogen-bond donors (Lipinski definition) is 3. The number of pyridine rings is 1. The molecule has 176 valence electrons. The SMILES string of the molecule is Nc1ccc(NC(=O)[C@H](Cc2ccccc2)NC(=O)C=Cc2cc(Cl)ccc2-n2cnnn2)cn1. The van der Waals surface area contributed by atoms with Crippen LogP contribution in [0.15, 0.2) is 79.3 Å². The molecule has 0 bridgehead atoms. The minimum Gasteiger partial charge on any atom is -0.384 e. The summed E-state index contributed by atoms with van der Waals surface area (Å²) in [5, 5.41) is 17.2. The van der Waals surface area contributed by atoms with Gasteiger partial charge in [0.1, 0.15) is 18.2 Å². The molecule has 0 saturated carbocycles. The number of hydrogen-bond acceptors (Lipinski definition) is 7. The molecule has 0 unspecified atom stereocenters. The summed E-state index contributed by atoms with van der Waals surface area (Å²) in [6.07, 6.45) is 6.10. The molecule has 0 spiro atoms. The number of halogens is 1. The van der Waals surface area contributed by atoms with Gasteiger partial charge in [-0.3, -0.25) is 9.59 Å². The van der Waals surface area contributed by atoms with Crippen molar-refractivity contribution in [2.75, 3.05) is 11.1 Å². The lowest BCUT2D eigenvalue weighted by atomic mass is 10.0. The second-order valence-electron chi connectivity index (χ2n) is 7.50. The molecule has 2 aromatic heterocycles. The quantitative estimate of drug-likeness (QED) is 0.324. The van der Waals surface area contributed by atoms with E-state index in [-0.39, 0.29) is 5.91 Å². The first-order valence-corrected chi connectivity index (χ1v) is 10.9. The number of rotatable bonds is 8. The fourth-order valence-corrected chi connectivity index (χ4v) is 3.47. The number of benzene rings is 2. The van der Waals surface area contributed by atoms with Crippen LogP contribution in [0.25, 0.3) is 11.8 Å². The molecule has 0 radical (unpaired) electrons. The lowest BCUT2D eigenvalue weighted by Crippen LogP contribution is -2.44. The van der Waals surface area contributed by atoms with Crippen LogP contribution in [-0.4, -0.2) is 43.0 Å². The minimum atomic E-state index is -0.842. The van der Waals surface area contributed by atoms with Crippen molar-refractivity contribution in [3.63, 3.8) is 0 Å². The van der Waals surface area contributed by atoms with Crippen molar-refractivity contribution in [2.24, 2.45) is 0 Å². The van der Waals surface area contributed by atoms with Crippen LogP contribution in [0.5, 0.6) is 0 Å². The summed E-state index contributed by atoms with van der Waals surface area (Å²) in [6, 6.07) is 16.9.